The Kier molecular flexibility index (Phi) is 8.30. The van der Waals surface area contributed by atoms with E-state index >= 15 is 0 Å². The molecule has 0 spiro atoms. The Morgan fingerprint density at radius 3 is 2.20 bits per heavy atom. The molecule has 0 aromatic heterocycles. The molecule has 1 heterocycles. The molecule has 0 radical (unpaired) electrons. The topological polar surface area (TPSA) is 83.0 Å². The summed E-state index contributed by atoms with van der Waals surface area (Å²) in [4.78, 5) is 6.97. The third-order valence-corrected chi connectivity index (χ3v) is 7.25. The van der Waals surface area contributed by atoms with E-state index in [1.54, 1.807) is 19.2 Å². The van der Waals surface area contributed by atoms with Gasteiger partial charge in [0.05, 0.1) is 23.9 Å². The number of hydrogen-bond donors (Lipinski definition) is 2. The van der Waals surface area contributed by atoms with Crippen LogP contribution in [-0.2, 0) is 20.0 Å². The van der Waals surface area contributed by atoms with Gasteiger partial charge < -0.3 is 15.4 Å². The predicted molar refractivity (Wildman–Crippen MR) is 123 cm³/mol. The highest BCUT2D eigenvalue weighted by Crippen LogP contribution is 2.23. The average Bonchev–Trinajstić information content (AvgIpc) is 2.70. The van der Waals surface area contributed by atoms with Crippen molar-refractivity contribution < 1.29 is 13.2 Å². The summed E-state index contributed by atoms with van der Waals surface area (Å²) < 4.78 is 30.8. The summed E-state index contributed by atoms with van der Waals surface area (Å²) in [6.45, 7) is 15.0. The van der Waals surface area contributed by atoms with E-state index in [1.807, 2.05) is 12.1 Å². The van der Waals surface area contributed by atoms with Crippen LogP contribution in [0.4, 0.5) is 0 Å². The van der Waals surface area contributed by atoms with Crippen molar-refractivity contribution in [2.75, 3.05) is 52.2 Å². The summed E-state index contributed by atoms with van der Waals surface area (Å²) in [5, 5.41) is 6.44. The average molecular weight is 439 g/mol. The molecular weight excluding hydrogens is 400 g/mol. The Bertz CT molecular complexity index is 806. The molecule has 0 amide bonds. The van der Waals surface area contributed by atoms with Gasteiger partial charge in [-0.1, -0.05) is 32.9 Å². The first-order valence-electron chi connectivity index (χ1n) is 10.6. The second kappa shape index (κ2) is 10.1. The fraction of sp³-hybridized carbons (Fsp3) is 0.682. The van der Waals surface area contributed by atoms with Crippen molar-refractivity contribution >= 4 is 15.8 Å². The number of aliphatic imine (C=N–C) groups is 1. The van der Waals surface area contributed by atoms with Gasteiger partial charge in [0.25, 0.3) is 0 Å². The van der Waals surface area contributed by atoms with Crippen LogP contribution in [0, 0.1) is 0 Å². The molecule has 2 N–H and O–H groups in total. The summed E-state index contributed by atoms with van der Waals surface area (Å²) in [7, 11) is -1.66. The first-order chi connectivity index (χ1) is 14.0. The first kappa shape index (κ1) is 24.6. The lowest BCUT2D eigenvalue weighted by molar-refractivity contribution is -0.00833. The molecule has 1 aliphatic heterocycles. The summed E-state index contributed by atoms with van der Waals surface area (Å²) in [5.41, 5.74) is 1.06. The van der Waals surface area contributed by atoms with E-state index in [0.29, 0.717) is 23.9 Å². The minimum Gasteiger partial charge on any atom is -0.379 e. The van der Waals surface area contributed by atoms with Gasteiger partial charge in [-0.05, 0) is 37.0 Å². The molecule has 2 rings (SSSR count). The summed E-state index contributed by atoms with van der Waals surface area (Å²) >= 11 is 0. The molecule has 0 unspecified atom stereocenters. The second-order valence-corrected chi connectivity index (χ2v) is 11.5. The Morgan fingerprint density at radius 2 is 1.67 bits per heavy atom. The van der Waals surface area contributed by atoms with E-state index < -0.39 is 9.84 Å². The van der Waals surface area contributed by atoms with Crippen molar-refractivity contribution in [1.82, 2.24) is 15.5 Å². The fourth-order valence-electron chi connectivity index (χ4n) is 3.39. The molecule has 7 nitrogen and oxygen atoms in total. The van der Waals surface area contributed by atoms with Gasteiger partial charge in [-0.15, -0.1) is 0 Å². The zero-order valence-corrected chi connectivity index (χ0v) is 20.1. The number of guanidine groups is 1. The Labute approximate surface area is 182 Å². The summed E-state index contributed by atoms with van der Waals surface area (Å²) in [5.74, 6) is 0.615. The van der Waals surface area contributed by atoms with Crippen LogP contribution >= 0.6 is 0 Å². The number of rotatable bonds is 7. The lowest BCUT2D eigenvalue weighted by Crippen LogP contribution is -2.56. The maximum absolute atomic E-state index is 12.7. The Balaban J connectivity index is 1.86. The largest absolute Gasteiger partial charge is 0.379 e. The SMILES string of the molecule is CN=C(NCCS(=O)(=O)c1ccc(C(C)(C)C)cc1)NCC(C)(C)N1CCOCC1. The van der Waals surface area contributed by atoms with Gasteiger partial charge in [-0.2, -0.15) is 0 Å². The van der Waals surface area contributed by atoms with Crippen LogP contribution in [0.25, 0.3) is 0 Å². The molecule has 0 aliphatic carbocycles. The normalized spacial score (nSPS) is 17.1. The second-order valence-electron chi connectivity index (χ2n) is 9.36. The lowest BCUT2D eigenvalue weighted by Gasteiger charge is -2.41. The summed E-state index contributed by atoms with van der Waals surface area (Å²) in [6, 6.07) is 7.20. The standard InChI is InChI=1S/C22H38N4O3S/c1-21(2,3)18-7-9-19(10-8-18)30(27,28)16-11-24-20(23-6)25-17-22(4,5)26-12-14-29-15-13-26/h7-10H,11-17H2,1-6H3,(H2,23,24,25). The van der Waals surface area contributed by atoms with E-state index in [-0.39, 0.29) is 16.7 Å². The minimum atomic E-state index is -3.35. The monoisotopic (exact) mass is 438 g/mol. The van der Waals surface area contributed by atoms with Gasteiger partial charge >= 0.3 is 0 Å². The van der Waals surface area contributed by atoms with Gasteiger partial charge in [0, 0.05) is 38.8 Å². The molecule has 1 aromatic carbocycles. The summed E-state index contributed by atoms with van der Waals surface area (Å²) in [6.07, 6.45) is 0. The molecule has 1 aromatic rings. The zero-order valence-electron chi connectivity index (χ0n) is 19.3. The highest BCUT2D eigenvalue weighted by Gasteiger charge is 2.28. The highest BCUT2D eigenvalue weighted by molar-refractivity contribution is 7.91. The van der Waals surface area contributed by atoms with E-state index in [9.17, 15) is 8.42 Å². The van der Waals surface area contributed by atoms with Gasteiger partial charge in [-0.25, -0.2) is 8.42 Å². The molecule has 1 fully saturated rings. The van der Waals surface area contributed by atoms with E-state index in [4.69, 9.17) is 4.74 Å². The smallest absolute Gasteiger partial charge is 0.191 e. The molecule has 1 aliphatic rings. The Morgan fingerprint density at radius 1 is 1.07 bits per heavy atom. The number of nitrogens with one attached hydrogen (secondary N) is 2. The van der Waals surface area contributed by atoms with Gasteiger partial charge in [0.1, 0.15) is 0 Å². The predicted octanol–water partition coefficient (Wildman–Crippen LogP) is 2.03. The minimum absolute atomic E-state index is 0.00297. The number of nitrogens with zero attached hydrogens (tertiary/aromatic N) is 2. The third kappa shape index (κ3) is 6.96. The molecular formula is C22H38N4O3S. The highest BCUT2D eigenvalue weighted by atomic mass is 32.2. The molecule has 0 atom stereocenters. The maximum Gasteiger partial charge on any atom is 0.191 e. The molecule has 0 saturated carbocycles. The van der Waals surface area contributed by atoms with Crippen molar-refractivity contribution in [3.05, 3.63) is 29.8 Å². The third-order valence-electron chi connectivity index (χ3n) is 5.52. The number of morpholine rings is 1. The van der Waals surface area contributed by atoms with Crippen LogP contribution in [0.1, 0.15) is 40.2 Å². The lowest BCUT2D eigenvalue weighted by atomic mass is 9.87. The van der Waals surface area contributed by atoms with E-state index in [1.165, 1.54) is 0 Å². The Hall–Kier alpha value is -1.64. The van der Waals surface area contributed by atoms with Crippen LogP contribution in [0.15, 0.2) is 34.2 Å². The number of benzene rings is 1. The first-order valence-corrected chi connectivity index (χ1v) is 12.2. The van der Waals surface area contributed by atoms with E-state index in [0.717, 1.165) is 31.9 Å². The molecule has 1 saturated heterocycles. The van der Waals surface area contributed by atoms with E-state index in [2.05, 4.69) is 55.1 Å². The molecule has 8 heteroatoms. The van der Waals surface area contributed by atoms with Crippen molar-refractivity contribution in [3.63, 3.8) is 0 Å². The quantitative estimate of drug-likeness (QED) is 0.501. The van der Waals surface area contributed by atoms with Gasteiger partial charge in [-0.3, -0.25) is 9.89 Å². The zero-order chi connectivity index (χ0) is 22.4. The van der Waals surface area contributed by atoms with Crippen molar-refractivity contribution in [1.29, 1.82) is 0 Å². The number of hydrogen-bond acceptors (Lipinski definition) is 5. The van der Waals surface area contributed by atoms with Crippen LogP contribution in [0.5, 0.6) is 0 Å². The van der Waals surface area contributed by atoms with Crippen molar-refractivity contribution in [2.24, 2.45) is 4.99 Å². The van der Waals surface area contributed by atoms with Crippen molar-refractivity contribution in [3.8, 4) is 0 Å². The molecule has 30 heavy (non-hydrogen) atoms. The van der Waals surface area contributed by atoms with Crippen LogP contribution < -0.4 is 10.6 Å². The number of ether oxygens (including phenoxy) is 1. The van der Waals surface area contributed by atoms with Gasteiger partial charge in [0.2, 0.25) is 0 Å². The van der Waals surface area contributed by atoms with Crippen LogP contribution in [0.2, 0.25) is 0 Å². The van der Waals surface area contributed by atoms with Crippen molar-refractivity contribution in [2.45, 2.75) is 50.5 Å². The maximum atomic E-state index is 12.7. The molecule has 170 valence electrons. The van der Waals surface area contributed by atoms with Crippen LogP contribution in [0.3, 0.4) is 0 Å². The fourth-order valence-corrected chi connectivity index (χ4v) is 4.54. The van der Waals surface area contributed by atoms with Gasteiger partial charge in [0.15, 0.2) is 15.8 Å². The van der Waals surface area contributed by atoms with Crippen LogP contribution in [-0.4, -0.2) is 77.0 Å². The molecule has 0 bridgehead atoms. The number of sulfone groups is 1.